The second-order valence-corrected chi connectivity index (χ2v) is 8.23. The highest BCUT2D eigenvalue weighted by molar-refractivity contribution is 7.60. The van der Waals surface area contributed by atoms with E-state index in [-0.39, 0.29) is 0 Å². The fourth-order valence-corrected chi connectivity index (χ4v) is 2.76. The molecule has 0 unspecified atom stereocenters. The Morgan fingerprint density at radius 1 is 0.579 bits per heavy atom. The molecule has 0 aliphatic heterocycles. The van der Waals surface area contributed by atoms with Crippen molar-refractivity contribution < 1.29 is 0 Å². The number of rotatable bonds is 14. The molecule has 19 heavy (non-hydrogen) atoms. The Hall–Kier alpha value is 0.350. The molecule has 0 radical (unpaired) electrons. The van der Waals surface area contributed by atoms with E-state index in [1.807, 2.05) is 0 Å². The number of hydrogen-bond donors (Lipinski definition) is 0. The third-order valence-electron chi connectivity index (χ3n) is 3.91. The zero-order valence-corrected chi connectivity index (χ0v) is 14.9. The number of hydrogen-bond acceptors (Lipinski definition) is 0. The van der Waals surface area contributed by atoms with Gasteiger partial charge in [0.15, 0.2) is 0 Å². The highest BCUT2D eigenvalue weighted by atomic mass is 32.1. The van der Waals surface area contributed by atoms with E-state index in [1.54, 1.807) is 0 Å². The molecule has 0 fully saturated rings. The van der Waals surface area contributed by atoms with Crippen molar-refractivity contribution in [1.29, 1.82) is 0 Å². The maximum Gasteiger partial charge on any atom is 0.118 e. The van der Waals surface area contributed by atoms with Crippen LogP contribution in [0.2, 0.25) is 0 Å². The summed E-state index contributed by atoms with van der Waals surface area (Å²) in [7, 11) is 0. The van der Waals surface area contributed by atoms with Crippen LogP contribution >= 0.6 is 0 Å². The Morgan fingerprint density at radius 3 is 1.21 bits per heavy atom. The van der Waals surface area contributed by atoms with Crippen molar-refractivity contribution in [2.75, 3.05) is 0 Å². The highest BCUT2D eigenvalue weighted by Crippen LogP contribution is 2.17. The van der Waals surface area contributed by atoms with Crippen LogP contribution in [0.1, 0.15) is 111 Å². The average molecular weight is 288 g/mol. The molecule has 0 bridgehead atoms. The maximum atomic E-state index is 3.76. The summed E-state index contributed by atoms with van der Waals surface area (Å²) in [5.41, 5.74) is 0. The van der Waals surface area contributed by atoms with Gasteiger partial charge in [-0.2, -0.15) is 0 Å². The van der Waals surface area contributed by atoms with Gasteiger partial charge in [-0.15, -0.1) is 0 Å². The van der Waals surface area contributed by atoms with Crippen LogP contribution in [0.4, 0.5) is 0 Å². The first kappa shape index (κ1) is 19.4. The van der Waals surface area contributed by atoms with Gasteiger partial charge in [-0.25, -0.2) is 0 Å². The summed E-state index contributed by atoms with van der Waals surface area (Å²) in [6.45, 7) is 6.83. The second kappa shape index (κ2) is 13.3. The van der Waals surface area contributed by atoms with E-state index in [2.05, 4.69) is 33.4 Å². The predicted octanol–water partition coefficient (Wildman–Crippen LogP) is 6.26. The summed E-state index contributed by atoms with van der Waals surface area (Å²) in [5.74, 6) is 0. The lowest BCUT2D eigenvalue weighted by atomic mass is 10.0. The van der Waals surface area contributed by atoms with Crippen LogP contribution in [0.5, 0.6) is 0 Å². The van der Waals surface area contributed by atoms with Gasteiger partial charge in [0.1, 0.15) is 4.75 Å². The van der Waals surface area contributed by atoms with Gasteiger partial charge in [-0.05, 0) is 39.3 Å². The summed E-state index contributed by atoms with van der Waals surface area (Å²) in [6.07, 6.45) is 20.1. The van der Waals surface area contributed by atoms with Crippen molar-refractivity contribution in [3.63, 3.8) is 0 Å². The molecule has 0 aromatic heterocycles. The van der Waals surface area contributed by atoms with Gasteiger partial charge in [0.05, 0.1) is 0 Å². The van der Waals surface area contributed by atoms with Crippen molar-refractivity contribution in [3.05, 3.63) is 0 Å². The van der Waals surface area contributed by atoms with Crippen molar-refractivity contribution in [1.82, 2.24) is 0 Å². The van der Waals surface area contributed by atoms with Crippen LogP contribution in [0.3, 0.4) is 0 Å². The molecule has 0 rings (SSSR count). The molecule has 0 nitrogen and oxygen atoms in total. The van der Waals surface area contributed by atoms with Gasteiger partial charge < -0.3 is 0 Å². The van der Waals surface area contributed by atoms with E-state index in [0.717, 1.165) is 0 Å². The molecule has 0 saturated heterocycles. The summed E-state index contributed by atoms with van der Waals surface area (Å²) in [6, 6.07) is 0. The largest absolute Gasteiger partial charge is 0.118 e. The van der Waals surface area contributed by atoms with E-state index in [4.69, 9.17) is 0 Å². The average Bonchev–Trinajstić information content (AvgIpc) is 2.34. The zero-order valence-electron chi connectivity index (χ0n) is 13.9. The predicted molar refractivity (Wildman–Crippen MR) is 94.5 cm³/mol. The minimum Gasteiger partial charge on any atom is -0.0654 e. The van der Waals surface area contributed by atoms with Crippen LogP contribution in [0, 0.1) is 0 Å². The molecule has 116 valence electrons. The molecule has 0 aliphatic carbocycles. The smallest absolute Gasteiger partial charge is 0.0654 e. The molecule has 0 N–H and O–H groups in total. The van der Waals surface area contributed by atoms with Crippen LogP contribution < -0.4 is 0 Å². The van der Waals surface area contributed by atoms with E-state index < -0.39 is 0 Å². The Balaban J connectivity index is 2.99. The van der Waals surface area contributed by atoms with E-state index in [0.29, 0.717) is 4.75 Å². The van der Waals surface area contributed by atoms with Gasteiger partial charge in [0.2, 0.25) is 0 Å². The summed E-state index contributed by atoms with van der Waals surface area (Å²) >= 11 is 3.76. The van der Waals surface area contributed by atoms with Gasteiger partial charge in [-0.3, -0.25) is 0 Å². The summed E-state index contributed by atoms with van der Waals surface area (Å²) in [4.78, 5) is 0. The molecule has 0 spiro atoms. The third-order valence-corrected chi connectivity index (χ3v) is 4.16. The monoisotopic (exact) mass is 287 g/mol. The van der Waals surface area contributed by atoms with Gasteiger partial charge in [0.25, 0.3) is 0 Å². The molecule has 1 heteroatoms. The molecule has 0 saturated carbocycles. The first-order chi connectivity index (χ1) is 9.06. The Kier molecular flexibility index (Phi) is 13.6. The molecule has 0 heterocycles. The lowest BCUT2D eigenvalue weighted by Crippen LogP contribution is -2.14. The van der Waals surface area contributed by atoms with E-state index in [1.165, 1.54) is 89.9 Å². The van der Waals surface area contributed by atoms with Crippen LogP contribution in [-0.4, -0.2) is 4.75 Å². The lowest BCUT2D eigenvalue weighted by molar-refractivity contribution is 0.520. The van der Waals surface area contributed by atoms with Gasteiger partial charge in [0, 0.05) is 0 Å². The standard InChI is InChI=1S/C18H38S/c1-4-5-6-7-8-9-10-11-12-13-14-15-16-17-18(2,3)19/h19H,4-17H2,1-3H3/p+1. The Morgan fingerprint density at radius 2 is 0.895 bits per heavy atom. The minimum absolute atomic E-state index is 0.345. The van der Waals surface area contributed by atoms with E-state index in [9.17, 15) is 0 Å². The fraction of sp³-hybridized carbons (Fsp3) is 1.00. The molecule has 0 atom stereocenters. The highest BCUT2D eigenvalue weighted by Gasteiger charge is 2.16. The minimum atomic E-state index is 0.345. The van der Waals surface area contributed by atoms with Crippen LogP contribution in [0.15, 0.2) is 0 Å². The SMILES string of the molecule is CCCCCCCCCCCCCCCC(C)(C)[SH2+]. The lowest BCUT2D eigenvalue weighted by Gasteiger charge is -2.10. The number of unbranched alkanes of at least 4 members (excludes halogenated alkanes) is 12. The molecule has 0 aliphatic rings. The topological polar surface area (TPSA) is 0 Å². The van der Waals surface area contributed by atoms with E-state index >= 15 is 0 Å². The molecule has 0 amide bonds. The molecule has 0 aromatic carbocycles. The fourth-order valence-electron chi connectivity index (χ4n) is 2.58. The zero-order chi connectivity index (χ0) is 14.4. The molecular weight excluding hydrogens is 248 g/mol. The second-order valence-electron chi connectivity index (χ2n) is 6.88. The summed E-state index contributed by atoms with van der Waals surface area (Å²) < 4.78 is 0.345. The van der Waals surface area contributed by atoms with Crippen LogP contribution in [-0.2, 0) is 12.6 Å². The molecule has 0 aromatic rings. The molecular formula is C18H39S+. The first-order valence-electron chi connectivity index (χ1n) is 8.81. The Labute approximate surface area is 128 Å². The summed E-state index contributed by atoms with van der Waals surface area (Å²) in [5, 5.41) is 0. The quantitative estimate of drug-likeness (QED) is 0.261. The Bertz CT molecular complexity index is 169. The van der Waals surface area contributed by atoms with Crippen LogP contribution in [0.25, 0.3) is 0 Å². The normalized spacial score (nSPS) is 12.0. The van der Waals surface area contributed by atoms with Crippen molar-refractivity contribution in [2.45, 2.75) is 115 Å². The first-order valence-corrected chi connectivity index (χ1v) is 9.31. The van der Waals surface area contributed by atoms with Gasteiger partial charge in [-0.1, -0.05) is 84.0 Å². The van der Waals surface area contributed by atoms with Crippen molar-refractivity contribution in [2.24, 2.45) is 0 Å². The van der Waals surface area contributed by atoms with Gasteiger partial charge >= 0.3 is 0 Å². The third kappa shape index (κ3) is 18.4. The van der Waals surface area contributed by atoms with Crippen molar-refractivity contribution >= 4 is 12.6 Å². The maximum absolute atomic E-state index is 3.76. The van der Waals surface area contributed by atoms with Crippen molar-refractivity contribution in [3.8, 4) is 0 Å².